The largest absolute Gasteiger partial charge is 0.466 e. The Balaban J connectivity index is 2.05. The molecule has 1 aliphatic rings. The van der Waals surface area contributed by atoms with Gasteiger partial charge in [0.25, 0.3) is 0 Å². The number of hydrogen-bond acceptors (Lipinski definition) is 3. The fourth-order valence-electron chi connectivity index (χ4n) is 5.52. The number of benzene rings is 2. The standard InChI is InChI=1S/C31H45NO2/c1-7-29(8-2)32-16-10-11-25(21-32)27-18-26(24-14-12-23(6)13-15-24)19-28(20-27)30(17-22(4)5)31(33)34-9-3/h12-15,18-20,22,25,29-30H,7-11,16-17,21H2,1-6H3. The minimum Gasteiger partial charge on any atom is -0.466 e. The maximum Gasteiger partial charge on any atom is 0.313 e. The van der Waals surface area contributed by atoms with Crippen molar-refractivity contribution in [2.75, 3.05) is 19.7 Å². The van der Waals surface area contributed by atoms with Crippen LogP contribution in [0.25, 0.3) is 11.1 Å². The number of hydrogen-bond donors (Lipinski definition) is 0. The number of esters is 1. The van der Waals surface area contributed by atoms with E-state index in [4.69, 9.17) is 4.74 Å². The van der Waals surface area contributed by atoms with E-state index < -0.39 is 0 Å². The topological polar surface area (TPSA) is 29.5 Å². The minimum atomic E-state index is -0.220. The highest BCUT2D eigenvalue weighted by Crippen LogP contribution is 2.36. The number of likely N-dealkylation sites (tertiary alicyclic amines) is 1. The Hall–Kier alpha value is -2.13. The molecule has 2 aromatic rings. The predicted molar refractivity (Wildman–Crippen MR) is 143 cm³/mol. The lowest BCUT2D eigenvalue weighted by Crippen LogP contribution is -2.41. The molecular formula is C31H45NO2. The Morgan fingerprint density at radius 1 is 1.03 bits per heavy atom. The van der Waals surface area contributed by atoms with Crippen molar-refractivity contribution in [2.24, 2.45) is 5.92 Å². The van der Waals surface area contributed by atoms with Crippen molar-refractivity contribution in [3.8, 4) is 11.1 Å². The molecule has 2 atom stereocenters. The third-order valence-electron chi connectivity index (χ3n) is 7.43. The molecule has 186 valence electrons. The molecule has 0 N–H and O–H groups in total. The fourth-order valence-corrected chi connectivity index (χ4v) is 5.52. The average molecular weight is 464 g/mol. The number of carbonyl (C=O) groups is 1. The summed E-state index contributed by atoms with van der Waals surface area (Å²) in [7, 11) is 0. The van der Waals surface area contributed by atoms with Gasteiger partial charge in [-0.2, -0.15) is 0 Å². The third-order valence-corrected chi connectivity index (χ3v) is 7.43. The van der Waals surface area contributed by atoms with E-state index in [1.807, 2.05) is 6.92 Å². The van der Waals surface area contributed by atoms with Crippen LogP contribution in [-0.2, 0) is 9.53 Å². The van der Waals surface area contributed by atoms with Crippen LogP contribution in [0, 0.1) is 12.8 Å². The molecule has 3 rings (SSSR count). The zero-order valence-corrected chi connectivity index (χ0v) is 22.3. The number of aryl methyl sites for hydroxylation is 1. The van der Waals surface area contributed by atoms with Gasteiger partial charge in [0.2, 0.25) is 0 Å². The van der Waals surface area contributed by atoms with Gasteiger partial charge in [-0.1, -0.05) is 75.7 Å². The van der Waals surface area contributed by atoms with Crippen molar-refractivity contribution in [1.29, 1.82) is 0 Å². The summed E-state index contributed by atoms with van der Waals surface area (Å²) in [6.07, 6.45) is 5.66. The molecule has 1 aliphatic heterocycles. The summed E-state index contributed by atoms with van der Waals surface area (Å²) in [5.41, 5.74) is 6.18. The molecule has 0 aliphatic carbocycles. The van der Waals surface area contributed by atoms with Crippen LogP contribution >= 0.6 is 0 Å². The zero-order chi connectivity index (χ0) is 24.7. The molecule has 1 heterocycles. The molecule has 0 bridgehead atoms. The number of ether oxygens (including phenoxy) is 1. The van der Waals surface area contributed by atoms with Crippen LogP contribution in [0.5, 0.6) is 0 Å². The van der Waals surface area contributed by atoms with E-state index in [0.717, 1.165) is 18.5 Å². The Bertz CT molecular complexity index is 914. The van der Waals surface area contributed by atoms with Crippen molar-refractivity contribution in [1.82, 2.24) is 4.90 Å². The molecule has 2 aromatic carbocycles. The van der Waals surface area contributed by atoms with Crippen LogP contribution in [0.3, 0.4) is 0 Å². The Kier molecular flexibility index (Phi) is 9.76. The first kappa shape index (κ1) is 26.5. The molecule has 0 spiro atoms. The maximum atomic E-state index is 13.0. The first-order valence-corrected chi connectivity index (χ1v) is 13.5. The van der Waals surface area contributed by atoms with E-state index in [-0.39, 0.29) is 11.9 Å². The van der Waals surface area contributed by atoms with Gasteiger partial charge in [-0.05, 0) is 86.6 Å². The van der Waals surface area contributed by atoms with Gasteiger partial charge in [0.05, 0.1) is 12.5 Å². The van der Waals surface area contributed by atoms with Crippen LogP contribution in [0.2, 0.25) is 0 Å². The van der Waals surface area contributed by atoms with Gasteiger partial charge in [0, 0.05) is 12.6 Å². The van der Waals surface area contributed by atoms with Crippen molar-refractivity contribution in [3.05, 3.63) is 59.2 Å². The molecule has 3 nitrogen and oxygen atoms in total. The van der Waals surface area contributed by atoms with Crippen LogP contribution in [0.4, 0.5) is 0 Å². The quantitative estimate of drug-likeness (QED) is 0.338. The van der Waals surface area contributed by atoms with E-state index >= 15 is 0 Å². The fraction of sp³-hybridized carbons (Fsp3) is 0.581. The monoisotopic (exact) mass is 463 g/mol. The summed E-state index contributed by atoms with van der Waals surface area (Å²) in [5, 5.41) is 0. The molecule has 34 heavy (non-hydrogen) atoms. The molecular weight excluding hydrogens is 418 g/mol. The number of nitrogens with zero attached hydrogens (tertiary/aromatic N) is 1. The second-order valence-electron chi connectivity index (χ2n) is 10.5. The SMILES string of the molecule is CCOC(=O)C(CC(C)C)c1cc(-c2ccc(C)cc2)cc(C2CCCN(C(CC)CC)C2)c1. The van der Waals surface area contributed by atoms with Gasteiger partial charge in [-0.25, -0.2) is 0 Å². The third kappa shape index (κ3) is 6.72. The normalized spacial score (nSPS) is 17.8. The van der Waals surface area contributed by atoms with Crippen molar-refractivity contribution < 1.29 is 9.53 Å². The average Bonchev–Trinajstić information content (AvgIpc) is 2.83. The highest BCUT2D eigenvalue weighted by Gasteiger charge is 2.28. The van der Waals surface area contributed by atoms with E-state index in [0.29, 0.717) is 24.5 Å². The summed E-state index contributed by atoms with van der Waals surface area (Å²) in [6, 6.07) is 16.4. The van der Waals surface area contributed by atoms with E-state index in [1.165, 1.54) is 54.5 Å². The lowest BCUT2D eigenvalue weighted by molar-refractivity contribution is -0.145. The molecule has 0 amide bonds. The number of piperidine rings is 1. The molecule has 1 saturated heterocycles. The summed E-state index contributed by atoms with van der Waals surface area (Å²) in [5.74, 6) is 0.606. The van der Waals surface area contributed by atoms with E-state index in [1.54, 1.807) is 0 Å². The molecule has 0 saturated carbocycles. The zero-order valence-electron chi connectivity index (χ0n) is 22.3. The summed E-state index contributed by atoms with van der Waals surface area (Å²) >= 11 is 0. The van der Waals surface area contributed by atoms with E-state index in [9.17, 15) is 4.79 Å². The maximum absolute atomic E-state index is 13.0. The van der Waals surface area contributed by atoms with Gasteiger partial charge >= 0.3 is 5.97 Å². The highest BCUT2D eigenvalue weighted by molar-refractivity contribution is 5.79. The Labute approximate surface area is 207 Å². The predicted octanol–water partition coefficient (Wildman–Crippen LogP) is 7.72. The van der Waals surface area contributed by atoms with Gasteiger partial charge in [-0.15, -0.1) is 0 Å². The number of carbonyl (C=O) groups excluding carboxylic acids is 1. The second-order valence-corrected chi connectivity index (χ2v) is 10.5. The molecule has 3 heteroatoms. The Morgan fingerprint density at radius 2 is 1.74 bits per heavy atom. The molecule has 1 fully saturated rings. The van der Waals surface area contributed by atoms with Crippen LogP contribution in [-0.4, -0.2) is 36.6 Å². The molecule has 0 aromatic heterocycles. The van der Waals surface area contributed by atoms with Gasteiger partial charge in [0.1, 0.15) is 0 Å². The van der Waals surface area contributed by atoms with Crippen molar-refractivity contribution in [3.63, 3.8) is 0 Å². The minimum absolute atomic E-state index is 0.0921. The van der Waals surface area contributed by atoms with Crippen molar-refractivity contribution in [2.45, 2.75) is 91.5 Å². The smallest absolute Gasteiger partial charge is 0.313 e. The van der Waals surface area contributed by atoms with Crippen LogP contribution < -0.4 is 0 Å². The first-order valence-electron chi connectivity index (χ1n) is 13.5. The lowest BCUT2D eigenvalue weighted by Gasteiger charge is -2.38. The second kappa shape index (κ2) is 12.5. The summed E-state index contributed by atoms with van der Waals surface area (Å²) < 4.78 is 5.54. The lowest BCUT2D eigenvalue weighted by atomic mass is 9.82. The highest BCUT2D eigenvalue weighted by atomic mass is 16.5. The number of rotatable bonds is 10. The summed E-state index contributed by atoms with van der Waals surface area (Å²) in [4.78, 5) is 15.7. The Morgan fingerprint density at radius 3 is 2.35 bits per heavy atom. The molecule has 2 unspecified atom stereocenters. The summed E-state index contributed by atoms with van der Waals surface area (Å²) in [6.45, 7) is 15.7. The van der Waals surface area contributed by atoms with Gasteiger partial charge in [-0.3, -0.25) is 9.69 Å². The first-order chi connectivity index (χ1) is 16.4. The van der Waals surface area contributed by atoms with Gasteiger partial charge < -0.3 is 4.74 Å². The van der Waals surface area contributed by atoms with Crippen molar-refractivity contribution >= 4 is 5.97 Å². The molecule has 0 radical (unpaired) electrons. The van der Waals surface area contributed by atoms with Gasteiger partial charge in [0.15, 0.2) is 0 Å². The van der Waals surface area contributed by atoms with E-state index in [2.05, 4.69) is 82.0 Å². The van der Waals surface area contributed by atoms with Crippen LogP contribution in [0.15, 0.2) is 42.5 Å². The van der Waals surface area contributed by atoms with Crippen LogP contribution in [0.1, 0.15) is 95.2 Å².